The predicted octanol–water partition coefficient (Wildman–Crippen LogP) is 21.3. The Hall–Kier alpha value is -9.17. The number of aromatic nitrogens is 6. The normalized spacial score (nSPS) is 19.7. The van der Waals surface area contributed by atoms with E-state index in [1.165, 1.54) is 122 Å². The van der Waals surface area contributed by atoms with E-state index >= 15 is 0 Å². The molecule has 1 fully saturated rings. The third-order valence-corrected chi connectivity index (χ3v) is 34.6. The number of hydrogen-bond donors (Lipinski definition) is 0. The maximum atomic E-state index is 10.7. The first-order valence-electron chi connectivity index (χ1n) is 44.8. The Morgan fingerprint density at radius 3 is 0.660 bits per heavy atom. The Balaban J connectivity index is 0.000000489. The average molecular weight is 2320 g/mol. The van der Waals surface area contributed by atoms with E-state index in [0.717, 1.165) is 158 Å². The molecule has 0 saturated heterocycles. The molecule has 26 bridgehead atoms. The minimum atomic E-state index is -6.09. The zero-order valence-electron chi connectivity index (χ0n) is 79.4. The number of halogens is 12. The first kappa shape index (κ1) is 116. The molecular formula is C97H90F12N14O12S10Zn2. The van der Waals surface area contributed by atoms with Gasteiger partial charge in [-0.1, -0.05) is 12.1 Å². The van der Waals surface area contributed by atoms with Gasteiger partial charge in [0.25, 0.3) is 0 Å². The van der Waals surface area contributed by atoms with Gasteiger partial charge in [0, 0.05) is 196 Å². The third-order valence-electron chi connectivity index (χ3n) is 24.6. The van der Waals surface area contributed by atoms with Gasteiger partial charge in [0.1, 0.15) is 0 Å². The number of aliphatic imine (C=N–C) groups is 6. The molecular weight excluding hydrogens is 2230 g/mol. The first-order valence-corrected chi connectivity index (χ1v) is 55.3. The maximum Gasteiger partial charge on any atom is 2.00 e. The van der Waals surface area contributed by atoms with E-state index < -0.39 is 62.5 Å². The zero-order valence-corrected chi connectivity index (χ0v) is 93.5. The van der Waals surface area contributed by atoms with Crippen molar-refractivity contribution >= 4 is 179 Å². The molecule has 0 amide bonds. The molecule has 26 nitrogen and oxygen atoms in total. The number of thioether (sulfide) groups is 2. The van der Waals surface area contributed by atoms with Crippen LogP contribution in [-0.4, -0.2) is 239 Å². The summed E-state index contributed by atoms with van der Waals surface area (Å²) in [7, 11) is -24.4. The molecule has 0 N–H and O–H groups in total. The molecule has 4 aliphatic carbocycles. The first-order chi connectivity index (χ1) is 68.3. The standard InChI is InChI=1S/C93H90N14S6.4CHF3O3S.2Zn/c1-58-80-40-86(108-58)62-16-22-68(100-46-62)52-94-28-34-106-35-29-96-54-70-24-18-64(48-102-70)88-42-82(60(3)110-88)76-12-8-13-77(76)83-43-89(111-61(83)4)65-19-25-71(103-49-65)55-97-31-37-107(36-30-95-53-69-23-17-63(47-101-69)87-41-81(59(2)109-87)75-11-7-10-74(75)80)39-33-99-57-73-27-21-67(51-105-73)91-45-85-79-15-9-14-78(79)84-44-90(112-92(84,5)93(85,6)113-91)66-20-26-72(104-50-66)56-98-32-38-106;4*2-1(3,4)8(5,6)7;;/h16-27,40-57H,7-15,28-39H2,1-6H3;4*(H,5,6,7);;/q;;;;;2*+2/p-4/t92-,93-;;;;;;/m0....../s1. The molecule has 26 heterocycles. The molecule has 10 aromatic rings. The van der Waals surface area contributed by atoms with Gasteiger partial charge in [0.2, 0.25) is 0 Å². The van der Waals surface area contributed by atoms with Crippen molar-refractivity contribution in [2.24, 2.45) is 30.0 Å². The van der Waals surface area contributed by atoms with Crippen LogP contribution in [0.2, 0.25) is 0 Å². The minimum Gasteiger partial charge on any atom is -0.741 e. The number of pyridine rings is 6. The Bertz CT molecular complexity index is 6630. The number of aryl methyl sites for hydroxylation is 4. The van der Waals surface area contributed by atoms with Crippen molar-refractivity contribution in [1.82, 2.24) is 39.7 Å². The summed E-state index contributed by atoms with van der Waals surface area (Å²) in [6.45, 7) is 22.2. The number of thiophene rings is 4. The second kappa shape index (κ2) is 48.6. The topological polar surface area (TPSA) is 387 Å². The third kappa shape index (κ3) is 28.8. The SMILES string of the molecule is Cc1sc2cc1C1=C(CCC1)c1cc(sc1C)-c1ccc(nc1)C=NCCN1CCN=Cc3ccc(cn3)C3=CC4=C5CCCC5=C5C=C(S[C@]5(C)[C@@]4(C)S3)c3ccc(nc3)C=NCCN(CCN=Cc3ccc-2cn3)CCN=Cc2ccc(cn2)-c2cc(c(C)s2)C2=C(CCC2)c2cc(sc2C)-c2ccc(nc2)C=NCC1.O=S(=O)([O-])C(F)(F)F.O=S(=O)([O-])C(F)(F)F.O=S(=O)([O-])C(F)(F)F.O=S(=O)([O-])C(F)(F)F.[Zn+2].[Zn+2]. The quantitative estimate of drug-likeness (QED) is 0.0589. The van der Waals surface area contributed by atoms with Crippen LogP contribution in [0.1, 0.15) is 159 Å². The largest absolute Gasteiger partial charge is 2.00 e. The van der Waals surface area contributed by atoms with Crippen LogP contribution in [0.4, 0.5) is 52.7 Å². The van der Waals surface area contributed by atoms with Gasteiger partial charge in [0.15, 0.2) is 40.5 Å². The number of rotatable bonds is 0. The average Bonchev–Trinajstić information content (AvgIpc) is 1.52. The summed E-state index contributed by atoms with van der Waals surface area (Å²) in [5, 5.41) is 0. The molecule has 147 heavy (non-hydrogen) atoms. The van der Waals surface area contributed by atoms with Crippen LogP contribution in [-0.2, 0) is 79.4 Å². The van der Waals surface area contributed by atoms with E-state index in [2.05, 4.69) is 161 Å². The second-order valence-corrected chi connectivity index (χ2v) is 47.6. The van der Waals surface area contributed by atoms with Crippen LogP contribution < -0.4 is 0 Å². The van der Waals surface area contributed by atoms with E-state index in [1.807, 2.05) is 143 Å². The molecule has 0 unspecified atom stereocenters. The van der Waals surface area contributed by atoms with Gasteiger partial charge in [-0.05, 0) is 263 Å². The van der Waals surface area contributed by atoms with Gasteiger partial charge >= 0.3 is 61.0 Å². The molecule has 2 atom stereocenters. The molecule has 0 spiro atoms. The second-order valence-electron chi connectivity index (χ2n) is 34.2. The van der Waals surface area contributed by atoms with Crippen LogP contribution in [0, 0.1) is 27.7 Å². The Labute approximate surface area is 891 Å². The van der Waals surface area contributed by atoms with E-state index in [-0.39, 0.29) is 48.4 Å². The molecule has 0 radical (unpaired) electrons. The molecule has 50 heteroatoms. The maximum absolute atomic E-state index is 10.7. The van der Waals surface area contributed by atoms with Crippen LogP contribution >= 0.6 is 68.9 Å². The van der Waals surface area contributed by atoms with E-state index in [0.29, 0.717) is 39.3 Å². The van der Waals surface area contributed by atoms with Crippen molar-refractivity contribution in [3.8, 4) is 41.8 Å². The molecule has 0 aromatic carbocycles. The molecule has 10 aromatic heterocycles. The smallest absolute Gasteiger partial charge is 0.741 e. The fraction of sp³-hybridized carbons (Fsp3) is 0.340. The van der Waals surface area contributed by atoms with Gasteiger partial charge in [-0.15, -0.1) is 68.9 Å². The number of allylic oxidation sites excluding steroid dienone is 8. The van der Waals surface area contributed by atoms with Gasteiger partial charge < -0.3 is 18.2 Å². The summed E-state index contributed by atoms with van der Waals surface area (Å²) < 4.78 is 235. The van der Waals surface area contributed by atoms with Gasteiger partial charge in [-0.3, -0.25) is 69.7 Å². The summed E-state index contributed by atoms with van der Waals surface area (Å²) in [5.74, 6) is 0. The Kier molecular flexibility index (Phi) is 38.5. The zero-order chi connectivity index (χ0) is 105. The van der Waals surface area contributed by atoms with Gasteiger partial charge in [-0.25, -0.2) is 33.7 Å². The summed E-state index contributed by atoms with van der Waals surface area (Å²) >= 11 is 11.4. The van der Waals surface area contributed by atoms with Crippen molar-refractivity contribution < 1.29 is 144 Å². The molecule has 16 aliphatic heterocycles. The van der Waals surface area contributed by atoms with Crippen LogP contribution in [0.25, 0.3) is 73.9 Å². The van der Waals surface area contributed by atoms with Crippen molar-refractivity contribution in [3.63, 3.8) is 0 Å². The van der Waals surface area contributed by atoms with Crippen molar-refractivity contribution in [1.29, 1.82) is 0 Å². The van der Waals surface area contributed by atoms with Crippen LogP contribution in [0.5, 0.6) is 0 Å². The number of hydrogen-bond acceptors (Lipinski definition) is 32. The molecule has 1 saturated carbocycles. The molecule has 20 aliphatic rings. The van der Waals surface area contributed by atoms with Gasteiger partial charge in [0.05, 0.1) is 82.9 Å². The van der Waals surface area contributed by atoms with E-state index in [4.69, 9.17) is 112 Å². The number of alkyl halides is 12. The summed E-state index contributed by atoms with van der Waals surface area (Å²) in [4.78, 5) is 77.3. The number of fused-ring (bicyclic) bond motifs is 1. The summed E-state index contributed by atoms with van der Waals surface area (Å²) in [5.41, 5.74) is 6.56. The monoisotopic (exact) mass is 2320 g/mol. The Morgan fingerprint density at radius 1 is 0.299 bits per heavy atom. The van der Waals surface area contributed by atoms with E-state index in [1.54, 1.807) is 0 Å². The van der Waals surface area contributed by atoms with Crippen LogP contribution in [0.15, 0.2) is 199 Å². The Morgan fingerprint density at radius 2 is 0.483 bits per heavy atom. The summed E-state index contributed by atoms with van der Waals surface area (Å²) in [6, 6.07) is 35.5. The van der Waals surface area contributed by atoms with Crippen molar-refractivity contribution in [3.05, 3.63) is 256 Å². The summed E-state index contributed by atoms with van der Waals surface area (Å²) in [6.07, 6.45) is 38.6. The fourth-order valence-electron chi connectivity index (χ4n) is 17.2. The minimum absolute atomic E-state index is 0. The predicted molar refractivity (Wildman–Crippen MR) is 545 cm³/mol. The van der Waals surface area contributed by atoms with E-state index in [9.17, 15) is 52.7 Å². The van der Waals surface area contributed by atoms with Crippen molar-refractivity contribution in [2.45, 2.75) is 131 Å². The number of nitrogens with zero attached hydrogens (tertiary/aromatic N) is 14. The van der Waals surface area contributed by atoms with Crippen molar-refractivity contribution in [2.75, 3.05) is 78.5 Å². The fourth-order valence-corrected chi connectivity index (χ4v) is 24.5. The molecule has 30 rings (SSSR count). The molecule has 768 valence electrons. The van der Waals surface area contributed by atoms with Gasteiger partial charge in [-0.2, -0.15) is 52.7 Å². The van der Waals surface area contributed by atoms with Crippen LogP contribution in [0.3, 0.4) is 0 Å².